The van der Waals surface area contributed by atoms with Crippen molar-refractivity contribution in [2.24, 2.45) is 5.92 Å². The Labute approximate surface area is 159 Å². The fourth-order valence-corrected chi connectivity index (χ4v) is 4.07. The van der Waals surface area contributed by atoms with Crippen LogP contribution in [0.25, 0.3) is 0 Å². The van der Waals surface area contributed by atoms with E-state index < -0.39 is 0 Å². The number of carbonyl (C=O) groups excluding carboxylic acids is 1. The van der Waals surface area contributed by atoms with Crippen LogP contribution in [0.2, 0.25) is 0 Å². The Morgan fingerprint density at radius 1 is 1.12 bits per heavy atom. The number of aliphatic hydroxyl groups is 1. The van der Waals surface area contributed by atoms with Gasteiger partial charge in [0, 0.05) is 36.9 Å². The minimum atomic E-state index is 0.127. The maximum absolute atomic E-state index is 12.4. The van der Waals surface area contributed by atoms with E-state index in [0.717, 1.165) is 25.7 Å². The molecule has 0 atom stereocenters. The van der Waals surface area contributed by atoms with Crippen molar-refractivity contribution in [1.29, 1.82) is 0 Å². The number of likely N-dealkylation sites (tertiary alicyclic amines) is 1. The summed E-state index contributed by atoms with van der Waals surface area (Å²) in [5.74, 6) is 1.35. The fourth-order valence-electron chi connectivity index (χ4n) is 4.07. The number of ketones is 1. The number of hydrogen-bond donors (Lipinski definition) is 1. The van der Waals surface area contributed by atoms with Gasteiger partial charge in [0.1, 0.15) is 11.5 Å². The molecule has 0 radical (unpaired) electrons. The third kappa shape index (κ3) is 7.77. The maximum Gasteiger partial charge on any atom is 0.135 e. The van der Waals surface area contributed by atoms with Gasteiger partial charge in [-0.1, -0.05) is 6.58 Å². The van der Waals surface area contributed by atoms with Gasteiger partial charge in [-0.25, -0.2) is 0 Å². The zero-order valence-corrected chi connectivity index (χ0v) is 17.5. The largest absolute Gasteiger partial charge is 0.396 e. The molecule has 5 nitrogen and oxygen atoms in total. The lowest BCUT2D eigenvalue weighted by atomic mass is 9.72. The molecule has 0 unspecified atom stereocenters. The van der Waals surface area contributed by atoms with Crippen molar-refractivity contribution in [2.75, 3.05) is 20.3 Å². The monoisotopic (exact) mass is 369 g/mol. The topological polar surface area (TPSA) is 59.0 Å². The lowest BCUT2D eigenvalue weighted by molar-refractivity contribution is -0.264. The van der Waals surface area contributed by atoms with Crippen LogP contribution in [-0.4, -0.2) is 47.1 Å². The molecule has 0 saturated carbocycles. The van der Waals surface area contributed by atoms with E-state index >= 15 is 0 Å². The quantitative estimate of drug-likeness (QED) is 0.241. The molecule has 152 valence electrons. The Bertz CT molecular complexity index is 441. The molecule has 0 aliphatic carbocycles. The molecule has 26 heavy (non-hydrogen) atoms. The minimum absolute atomic E-state index is 0.127. The van der Waals surface area contributed by atoms with Crippen LogP contribution in [0.4, 0.5) is 0 Å². The van der Waals surface area contributed by atoms with Gasteiger partial charge in [0.25, 0.3) is 0 Å². The summed E-state index contributed by atoms with van der Waals surface area (Å²) < 4.78 is 0. The van der Waals surface area contributed by atoms with Gasteiger partial charge in [0.15, 0.2) is 0 Å². The van der Waals surface area contributed by atoms with Gasteiger partial charge >= 0.3 is 0 Å². The fraction of sp³-hybridized carbons (Fsp3) is 0.857. The highest BCUT2D eigenvalue weighted by molar-refractivity contribution is 5.78. The highest BCUT2D eigenvalue weighted by Gasteiger charge is 2.43. The van der Waals surface area contributed by atoms with E-state index in [1.165, 1.54) is 0 Å². The summed E-state index contributed by atoms with van der Waals surface area (Å²) in [6.07, 6.45) is 6.21. The van der Waals surface area contributed by atoms with Crippen molar-refractivity contribution in [3.63, 3.8) is 0 Å². The molecule has 1 fully saturated rings. The number of unbranched alkanes of at least 4 members (excludes halogenated alkanes) is 1. The molecule has 1 saturated heterocycles. The zero-order chi connectivity index (χ0) is 19.8. The van der Waals surface area contributed by atoms with Crippen LogP contribution in [0.3, 0.4) is 0 Å². The standard InChI is InChI=1S/C21H39NO4/c1-17(26-25-13-8-7-12-23)10-9-11-19(24)14-18-15-20(2,3)22(6)21(4,5)16-18/h18,23H,1,7-16H2,2-6H3. The third-order valence-corrected chi connectivity index (χ3v) is 5.63. The van der Waals surface area contributed by atoms with Gasteiger partial charge in [-0.2, -0.15) is 4.89 Å². The van der Waals surface area contributed by atoms with Crippen LogP contribution in [0.5, 0.6) is 0 Å². The molecule has 0 bridgehead atoms. The summed E-state index contributed by atoms with van der Waals surface area (Å²) in [6.45, 7) is 13.5. The van der Waals surface area contributed by atoms with E-state index in [1.54, 1.807) is 0 Å². The molecule has 1 N–H and O–H groups in total. The average molecular weight is 370 g/mol. The van der Waals surface area contributed by atoms with E-state index in [-0.39, 0.29) is 17.7 Å². The Kier molecular flexibility index (Phi) is 9.28. The van der Waals surface area contributed by atoms with E-state index in [0.29, 0.717) is 49.8 Å². The minimum Gasteiger partial charge on any atom is -0.396 e. The number of allylic oxidation sites excluding steroid dienone is 1. The van der Waals surface area contributed by atoms with E-state index in [1.807, 2.05) is 0 Å². The van der Waals surface area contributed by atoms with Crippen LogP contribution >= 0.6 is 0 Å². The molecule has 0 aromatic heterocycles. The van der Waals surface area contributed by atoms with Crippen molar-refractivity contribution < 1.29 is 19.7 Å². The van der Waals surface area contributed by atoms with Crippen molar-refractivity contribution in [1.82, 2.24) is 4.90 Å². The smallest absolute Gasteiger partial charge is 0.135 e. The first-order valence-corrected chi connectivity index (χ1v) is 9.92. The molecule has 1 heterocycles. The summed E-state index contributed by atoms with van der Waals surface area (Å²) in [5, 5.41) is 8.68. The Balaban J connectivity index is 2.25. The lowest BCUT2D eigenvalue weighted by Gasteiger charge is -2.53. The second-order valence-electron chi connectivity index (χ2n) is 8.93. The summed E-state index contributed by atoms with van der Waals surface area (Å²) in [5.41, 5.74) is 0.254. The molecule has 1 aliphatic rings. The highest BCUT2D eigenvalue weighted by Crippen LogP contribution is 2.41. The summed E-state index contributed by atoms with van der Waals surface area (Å²) >= 11 is 0. The Morgan fingerprint density at radius 3 is 2.31 bits per heavy atom. The average Bonchev–Trinajstić information content (AvgIpc) is 2.51. The molecule has 1 aliphatic heterocycles. The van der Waals surface area contributed by atoms with E-state index in [2.05, 4.69) is 46.2 Å². The second kappa shape index (κ2) is 10.4. The molecule has 0 spiro atoms. The normalized spacial score (nSPS) is 20.1. The number of nitrogens with zero attached hydrogens (tertiary/aromatic N) is 1. The second-order valence-corrected chi connectivity index (χ2v) is 8.93. The van der Waals surface area contributed by atoms with Crippen LogP contribution in [0.15, 0.2) is 12.3 Å². The number of carbonyl (C=O) groups is 1. The molecule has 0 aromatic rings. The molecule has 5 heteroatoms. The van der Waals surface area contributed by atoms with Crippen molar-refractivity contribution in [2.45, 2.75) is 90.1 Å². The molecular weight excluding hydrogens is 330 g/mol. The number of aliphatic hydroxyl groups excluding tert-OH is 1. The molecule has 0 aromatic carbocycles. The van der Waals surface area contributed by atoms with Crippen LogP contribution in [0.1, 0.15) is 79.1 Å². The summed E-state index contributed by atoms with van der Waals surface area (Å²) in [6, 6.07) is 0. The van der Waals surface area contributed by atoms with Crippen molar-refractivity contribution in [3.05, 3.63) is 12.3 Å². The lowest BCUT2D eigenvalue weighted by Crippen LogP contribution is -2.58. The maximum atomic E-state index is 12.4. The van der Waals surface area contributed by atoms with E-state index in [9.17, 15) is 4.79 Å². The van der Waals surface area contributed by atoms with Crippen molar-refractivity contribution in [3.8, 4) is 0 Å². The predicted molar refractivity (Wildman–Crippen MR) is 105 cm³/mol. The Hall–Kier alpha value is -0.910. The summed E-state index contributed by atoms with van der Waals surface area (Å²) in [4.78, 5) is 25.0. The molecule has 1 rings (SSSR count). The van der Waals surface area contributed by atoms with Crippen molar-refractivity contribution >= 4 is 5.78 Å². The third-order valence-electron chi connectivity index (χ3n) is 5.63. The van der Waals surface area contributed by atoms with Gasteiger partial charge in [0.05, 0.1) is 6.61 Å². The van der Waals surface area contributed by atoms with E-state index in [4.69, 9.17) is 14.9 Å². The van der Waals surface area contributed by atoms with Crippen LogP contribution in [-0.2, 0) is 14.6 Å². The van der Waals surface area contributed by atoms with Gasteiger partial charge in [-0.3, -0.25) is 9.69 Å². The van der Waals surface area contributed by atoms with Gasteiger partial charge < -0.3 is 9.99 Å². The zero-order valence-electron chi connectivity index (χ0n) is 17.5. The van der Waals surface area contributed by atoms with Crippen LogP contribution in [0, 0.1) is 5.92 Å². The number of piperidine rings is 1. The predicted octanol–water partition coefficient (Wildman–Crippen LogP) is 4.25. The SMILES string of the molecule is C=C(CCCC(=O)CC1CC(C)(C)N(C)C(C)(C)C1)OOCCCCO. The number of rotatable bonds is 12. The molecule has 0 amide bonds. The van der Waals surface area contributed by atoms with Gasteiger partial charge in [-0.15, -0.1) is 0 Å². The molecular formula is C21H39NO4. The first-order chi connectivity index (χ1) is 12.1. The van der Waals surface area contributed by atoms with Crippen LogP contribution < -0.4 is 0 Å². The van der Waals surface area contributed by atoms with Gasteiger partial charge in [0.2, 0.25) is 0 Å². The first kappa shape index (κ1) is 23.1. The number of Topliss-reactive ketones (excluding diaryl/α,β-unsaturated/α-hetero) is 1. The first-order valence-electron chi connectivity index (χ1n) is 9.92. The van der Waals surface area contributed by atoms with Gasteiger partial charge in [-0.05, 0) is 72.8 Å². The highest BCUT2D eigenvalue weighted by atomic mass is 17.2. The Morgan fingerprint density at radius 2 is 1.73 bits per heavy atom. The number of hydrogen-bond acceptors (Lipinski definition) is 5. The summed E-state index contributed by atoms with van der Waals surface area (Å²) in [7, 11) is 2.19.